The first-order valence-corrected chi connectivity index (χ1v) is 9.84. The zero-order chi connectivity index (χ0) is 22.6. The number of esters is 1. The van der Waals surface area contributed by atoms with Gasteiger partial charge in [0, 0.05) is 10.3 Å². The van der Waals surface area contributed by atoms with Crippen LogP contribution in [0.4, 0.5) is 30.7 Å². The minimum Gasteiger partial charge on any atom is -0.774 e. The van der Waals surface area contributed by atoms with Crippen molar-refractivity contribution in [2.24, 2.45) is 0 Å². The molecule has 1 atom stereocenters. The highest BCUT2D eigenvalue weighted by Gasteiger charge is 2.42. The van der Waals surface area contributed by atoms with Crippen LogP contribution in [0.3, 0.4) is 0 Å². The van der Waals surface area contributed by atoms with E-state index >= 15 is 0 Å². The third kappa shape index (κ3) is 3.58. The predicted octanol–water partition coefficient (Wildman–Crippen LogP) is 4.41. The van der Waals surface area contributed by atoms with Crippen molar-refractivity contribution in [2.75, 3.05) is 0 Å². The van der Waals surface area contributed by atoms with E-state index in [1.807, 2.05) is 0 Å². The van der Waals surface area contributed by atoms with E-state index in [0.29, 0.717) is 23.5 Å². The average Bonchev–Trinajstić information content (AvgIpc) is 3.10. The third-order valence-electron chi connectivity index (χ3n) is 3.78. The molecule has 0 spiro atoms. The van der Waals surface area contributed by atoms with Gasteiger partial charge >= 0.3 is 11.6 Å². The van der Waals surface area contributed by atoms with Crippen molar-refractivity contribution in [3.8, 4) is 5.75 Å². The van der Waals surface area contributed by atoms with Gasteiger partial charge in [0.15, 0.2) is 0 Å². The number of thiophene rings is 1. The van der Waals surface area contributed by atoms with Crippen LogP contribution < -0.4 is 9.63 Å². The summed E-state index contributed by atoms with van der Waals surface area (Å²) in [5.74, 6) is -15.3. The maximum atomic E-state index is 13.7. The largest absolute Gasteiger partial charge is 0.774 e. The fourth-order valence-corrected chi connectivity index (χ4v) is 3.70. The first kappa shape index (κ1) is 22.2. The number of carbonyl (C=O) groups excluding carboxylic acids is 1. The highest BCUT2D eigenvalue weighted by molar-refractivity contribution is 7.51. The molecular weight excluding hydrogens is 468 g/mol. The van der Waals surface area contributed by atoms with E-state index in [1.54, 1.807) is 0 Å². The summed E-state index contributed by atoms with van der Waals surface area (Å²) in [4.78, 5) is 31.1. The Morgan fingerprint density at radius 1 is 1.00 bits per heavy atom. The zero-order valence-corrected chi connectivity index (χ0v) is 15.6. The molecule has 0 fully saturated rings. The normalized spacial score (nSPS) is 14.0. The molecule has 0 aliphatic heterocycles. The minimum atomic E-state index is -6.11. The van der Waals surface area contributed by atoms with Gasteiger partial charge < -0.3 is 19.1 Å². The summed E-state index contributed by atoms with van der Waals surface area (Å²) in [6, 6.07) is 3.11. The highest BCUT2D eigenvalue weighted by atomic mass is 32.1. The summed E-state index contributed by atoms with van der Waals surface area (Å²) in [6.07, 6.45) is 0. The van der Waals surface area contributed by atoms with Gasteiger partial charge in [-0.25, -0.2) is 18.0 Å². The number of carbonyl (C=O) groups is 1. The number of hydrogen-bond acceptors (Lipinski definition) is 5. The lowest BCUT2D eigenvalue weighted by Gasteiger charge is -2.26. The zero-order valence-electron chi connectivity index (χ0n) is 13.9. The lowest BCUT2D eigenvalue weighted by Crippen LogP contribution is -2.21. The molecule has 160 valence electrons. The van der Waals surface area contributed by atoms with Crippen LogP contribution in [0, 0.1) is 29.1 Å². The van der Waals surface area contributed by atoms with Crippen molar-refractivity contribution in [2.45, 2.75) is 5.66 Å². The van der Waals surface area contributed by atoms with Crippen LogP contribution >= 0.6 is 18.9 Å². The standard InChI is InChI=1S/C16H6F7O5PS/c17-9-10(18)12(20)14(13(21)11(9)19)28-15(24)8-4-5-3-6(1-2-7(5)30-8)16(22,23)29(25,26)27/h1-4H,(H2,25,26,27)/p-1. The Bertz CT molecular complexity index is 1210. The summed E-state index contributed by atoms with van der Waals surface area (Å²) in [5, 5.41) is -0.144. The van der Waals surface area contributed by atoms with Gasteiger partial charge in [0.2, 0.25) is 42.4 Å². The van der Waals surface area contributed by atoms with Crippen molar-refractivity contribution in [1.82, 2.24) is 0 Å². The van der Waals surface area contributed by atoms with Crippen LogP contribution in [0.15, 0.2) is 24.3 Å². The van der Waals surface area contributed by atoms with E-state index in [9.17, 15) is 45.0 Å². The predicted molar refractivity (Wildman–Crippen MR) is 86.7 cm³/mol. The Kier molecular flexibility index (Phi) is 5.44. The molecule has 14 heteroatoms. The Balaban J connectivity index is 1.99. The quantitative estimate of drug-likeness (QED) is 0.152. The molecule has 0 aliphatic rings. The Morgan fingerprint density at radius 3 is 2.07 bits per heavy atom. The molecule has 1 heterocycles. The van der Waals surface area contributed by atoms with E-state index in [0.717, 1.165) is 12.1 Å². The van der Waals surface area contributed by atoms with Crippen LogP contribution in [0.5, 0.6) is 5.75 Å². The molecule has 0 radical (unpaired) electrons. The van der Waals surface area contributed by atoms with E-state index < -0.39 is 64.5 Å². The molecule has 0 bridgehead atoms. The highest BCUT2D eigenvalue weighted by Crippen LogP contribution is 2.56. The molecule has 30 heavy (non-hydrogen) atoms. The maximum Gasteiger partial charge on any atom is 0.353 e. The molecule has 3 rings (SSSR count). The number of fused-ring (bicyclic) bond motifs is 1. The summed E-state index contributed by atoms with van der Waals surface area (Å²) in [7, 11) is -6.11. The van der Waals surface area contributed by atoms with Crippen molar-refractivity contribution in [3.63, 3.8) is 0 Å². The molecular formula is C16H5F7O5PS-. The SMILES string of the molecule is O=C(Oc1c(F)c(F)c(F)c(F)c1F)c1cc2cc(C(F)(F)P(=O)([O-])O)ccc2s1. The van der Waals surface area contributed by atoms with Gasteiger partial charge in [-0.1, -0.05) is 6.07 Å². The number of halogens is 7. The number of hydrogen-bond donors (Lipinski definition) is 1. The van der Waals surface area contributed by atoms with Gasteiger partial charge in [-0.2, -0.15) is 17.6 Å². The molecule has 1 N–H and O–H groups in total. The first-order valence-electron chi connectivity index (χ1n) is 7.45. The van der Waals surface area contributed by atoms with Crippen molar-refractivity contribution in [3.05, 3.63) is 63.8 Å². The van der Waals surface area contributed by atoms with E-state index in [-0.39, 0.29) is 10.1 Å². The van der Waals surface area contributed by atoms with E-state index in [1.165, 1.54) is 0 Å². The molecule has 2 aromatic carbocycles. The monoisotopic (exact) mass is 473 g/mol. The van der Waals surface area contributed by atoms with Crippen LogP contribution in [0.1, 0.15) is 15.2 Å². The van der Waals surface area contributed by atoms with Gasteiger partial charge in [0.1, 0.15) is 4.88 Å². The summed E-state index contributed by atoms with van der Waals surface area (Å²) >= 11 is 0.539. The fourth-order valence-electron chi connectivity index (χ4n) is 2.31. The van der Waals surface area contributed by atoms with Crippen molar-refractivity contribution < 1.29 is 54.6 Å². The molecule has 0 saturated heterocycles. The van der Waals surface area contributed by atoms with E-state index in [4.69, 9.17) is 4.89 Å². The van der Waals surface area contributed by atoms with Gasteiger partial charge in [0.05, 0.1) is 0 Å². The van der Waals surface area contributed by atoms with Crippen LogP contribution in [-0.4, -0.2) is 10.9 Å². The van der Waals surface area contributed by atoms with Crippen LogP contribution in [0.2, 0.25) is 0 Å². The second-order valence-electron chi connectivity index (χ2n) is 5.71. The molecule has 0 saturated carbocycles. The molecule has 3 aromatic rings. The topological polar surface area (TPSA) is 86.7 Å². The van der Waals surface area contributed by atoms with Crippen LogP contribution in [0.25, 0.3) is 10.1 Å². The van der Waals surface area contributed by atoms with E-state index in [2.05, 4.69) is 4.74 Å². The number of ether oxygens (including phenoxy) is 1. The molecule has 1 aromatic heterocycles. The van der Waals surface area contributed by atoms with Gasteiger partial charge in [-0.3, -0.25) is 0 Å². The Morgan fingerprint density at radius 2 is 1.53 bits per heavy atom. The van der Waals surface area contributed by atoms with Gasteiger partial charge in [-0.15, -0.1) is 11.3 Å². The van der Waals surface area contributed by atoms with Crippen LogP contribution in [-0.2, 0) is 10.2 Å². The lowest BCUT2D eigenvalue weighted by molar-refractivity contribution is -0.217. The summed E-state index contributed by atoms with van der Waals surface area (Å²) in [5.41, 5.74) is -5.77. The van der Waals surface area contributed by atoms with Gasteiger partial charge in [0.25, 0.3) is 0 Å². The molecule has 0 aliphatic carbocycles. The number of benzene rings is 2. The third-order valence-corrected chi connectivity index (χ3v) is 5.85. The first-order chi connectivity index (χ1) is 13.8. The molecule has 0 amide bonds. The fraction of sp³-hybridized carbons (Fsp3) is 0.0625. The molecule has 5 nitrogen and oxygen atoms in total. The van der Waals surface area contributed by atoms with Crippen molar-refractivity contribution >= 4 is 35.0 Å². The maximum absolute atomic E-state index is 13.7. The van der Waals surface area contributed by atoms with Gasteiger partial charge in [-0.05, 0) is 23.6 Å². The number of rotatable bonds is 4. The minimum absolute atomic E-state index is 0.109. The number of alkyl halides is 2. The summed E-state index contributed by atoms with van der Waals surface area (Å²) < 4.78 is 109. The Labute approximate surface area is 165 Å². The lowest BCUT2D eigenvalue weighted by atomic mass is 10.1. The average molecular weight is 473 g/mol. The Hall–Kier alpha value is -2.47. The second-order valence-corrected chi connectivity index (χ2v) is 8.40. The smallest absolute Gasteiger partial charge is 0.353 e. The van der Waals surface area contributed by atoms with Crippen molar-refractivity contribution in [1.29, 1.82) is 0 Å². The second kappa shape index (κ2) is 7.34. The summed E-state index contributed by atoms with van der Waals surface area (Å²) in [6.45, 7) is 0. The molecule has 1 unspecified atom stereocenters.